The molecule has 0 heterocycles. The number of nitrogens with one attached hydrogen (secondary N) is 2. The number of hydrogen-bond acceptors (Lipinski definition) is 9. The molecule has 44 heavy (non-hydrogen) atoms. The molecule has 0 unspecified atom stereocenters. The van der Waals surface area contributed by atoms with Gasteiger partial charge in [-0.15, -0.1) is 0 Å². The van der Waals surface area contributed by atoms with Crippen molar-refractivity contribution < 1.29 is 42.5 Å². The Balaban J connectivity index is 2.12. The summed E-state index contributed by atoms with van der Waals surface area (Å²) in [5, 5.41) is 18.6. The molecular formula is C28H51N5O9Si2. The third kappa shape index (κ3) is 21.2. The second-order valence-corrected chi connectivity index (χ2v) is 19.4. The molecule has 1 aromatic carbocycles. The van der Waals surface area contributed by atoms with E-state index in [0.29, 0.717) is 85.7 Å². The SMILES string of the molecule is C[Si](C)(CCCNC(=O)O)O[Si](C)(C)c1cccc(CC(=O)NCCOCCOCCOCCOCCOCCN=[N+]=[N-])c1. The molecule has 0 aliphatic carbocycles. The Kier molecular flexibility index (Phi) is 21.4. The number of carbonyl (C=O) groups is 2. The van der Waals surface area contributed by atoms with Crippen LogP contribution in [0.2, 0.25) is 32.2 Å². The van der Waals surface area contributed by atoms with Crippen molar-refractivity contribution in [2.45, 2.75) is 45.1 Å². The van der Waals surface area contributed by atoms with Crippen molar-refractivity contribution in [1.29, 1.82) is 0 Å². The second-order valence-electron chi connectivity index (χ2n) is 11.0. The molecule has 3 N–H and O–H groups in total. The first kappa shape index (κ1) is 39.5. The molecule has 0 aliphatic heterocycles. The Labute approximate surface area is 263 Å². The highest BCUT2D eigenvalue weighted by atomic mass is 28.4. The predicted octanol–water partition coefficient (Wildman–Crippen LogP) is 3.03. The van der Waals surface area contributed by atoms with E-state index in [0.717, 1.165) is 23.2 Å². The van der Waals surface area contributed by atoms with Gasteiger partial charge in [-0.05, 0) is 54.9 Å². The first-order chi connectivity index (χ1) is 21.1. The number of amides is 2. The van der Waals surface area contributed by atoms with Crippen LogP contribution in [0.4, 0.5) is 4.79 Å². The molecule has 0 fully saturated rings. The van der Waals surface area contributed by atoms with Crippen molar-refractivity contribution in [1.82, 2.24) is 10.6 Å². The molecule has 16 heteroatoms. The number of nitrogens with zero attached hydrogens (tertiary/aromatic N) is 3. The summed E-state index contributed by atoms with van der Waals surface area (Å²) in [7, 11) is -4.20. The highest BCUT2D eigenvalue weighted by Gasteiger charge is 2.34. The summed E-state index contributed by atoms with van der Waals surface area (Å²) >= 11 is 0. The van der Waals surface area contributed by atoms with E-state index in [2.05, 4.69) is 59.0 Å². The van der Waals surface area contributed by atoms with Crippen molar-refractivity contribution in [3.63, 3.8) is 0 Å². The lowest BCUT2D eigenvalue weighted by Gasteiger charge is -2.34. The Hall–Kier alpha value is -2.54. The molecule has 0 aliphatic rings. The van der Waals surface area contributed by atoms with E-state index in [9.17, 15) is 9.59 Å². The average molecular weight is 658 g/mol. The number of benzene rings is 1. The summed E-state index contributed by atoms with van der Waals surface area (Å²) < 4.78 is 33.7. The average Bonchev–Trinajstić information content (AvgIpc) is 2.96. The largest absolute Gasteiger partial charge is 0.465 e. The minimum Gasteiger partial charge on any atom is -0.465 e. The van der Waals surface area contributed by atoms with Crippen LogP contribution in [0.5, 0.6) is 0 Å². The standard InChI is InChI=1S/C28H51N5O9Si2/c1-43(2,22-6-9-31-28(35)36)42-44(3,4)26-8-5-7-25(23-26)24-27(34)30-10-12-37-14-16-39-18-20-41-21-19-40-17-15-38-13-11-32-33-29/h5,7-8,23,31H,6,9-22,24H2,1-4H3,(H,30,34)(H,35,36). The van der Waals surface area contributed by atoms with Crippen molar-refractivity contribution in [2.75, 3.05) is 85.7 Å². The summed E-state index contributed by atoms with van der Waals surface area (Å²) in [6, 6.07) is 8.93. The summed E-state index contributed by atoms with van der Waals surface area (Å²) in [6.07, 6.45) is 0.0265. The molecule has 0 saturated carbocycles. The smallest absolute Gasteiger partial charge is 0.404 e. The molecule has 0 spiro atoms. The fraction of sp³-hybridized carbons (Fsp3) is 0.714. The zero-order valence-corrected chi connectivity index (χ0v) is 28.7. The van der Waals surface area contributed by atoms with Crippen LogP contribution in [0.3, 0.4) is 0 Å². The van der Waals surface area contributed by atoms with Gasteiger partial charge in [0.15, 0.2) is 8.32 Å². The minimum atomic E-state index is -2.21. The number of ether oxygens (including phenoxy) is 5. The van der Waals surface area contributed by atoms with Crippen molar-refractivity contribution in [3.8, 4) is 0 Å². The monoisotopic (exact) mass is 657 g/mol. The first-order valence-electron chi connectivity index (χ1n) is 15.0. The van der Waals surface area contributed by atoms with E-state index < -0.39 is 22.7 Å². The number of azide groups is 1. The zero-order chi connectivity index (χ0) is 32.5. The summed E-state index contributed by atoms with van der Waals surface area (Å²) in [4.78, 5) is 25.8. The number of carboxylic acid groups (broad SMARTS) is 1. The van der Waals surface area contributed by atoms with Gasteiger partial charge < -0.3 is 43.5 Å². The van der Waals surface area contributed by atoms with Gasteiger partial charge in [0.05, 0.1) is 72.5 Å². The lowest BCUT2D eigenvalue weighted by molar-refractivity contribution is -0.120. The van der Waals surface area contributed by atoms with Gasteiger partial charge in [-0.2, -0.15) is 0 Å². The van der Waals surface area contributed by atoms with Gasteiger partial charge in [0, 0.05) is 24.5 Å². The molecule has 2 amide bonds. The third-order valence-electron chi connectivity index (χ3n) is 6.21. The number of rotatable bonds is 27. The first-order valence-corrected chi connectivity index (χ1v) is 21.0. The maximum absolute atomic E-state index is 12.5. The summed E-state index contributed by atoms with van der Waals surface area (Å²) in [6.45, 7) is 14.2. The molecule has 0 atom stereocenters. The van der Waals surface area contributed by atoms with Crippen LogP contribution in [-0.4, -0.2) is 119 Å². The Morgan fingerprint density at radius 3 is 1.98 bits per heavy atom. The van der Waals surface area contributed by atoms with Crippen LogP contribution in [0, 0.1) is 0 Å². The normalized spacial score (nSPS) is 11.6. The van der Waals surface area contributed by atoms with Gasteiger partial charge in [-0.3, -0.25) is 4.79 Å². The fourth-order valence-corrected chi connectivity index (χ4v) is 12.7. The van der Waals surface area contributed by atoms with Gasteiger partial charge in [-0.1, -0.05) is 29.4 Å². The van der Waals surface area contributed by atoms with E-state index in [1.807, 2.05) is 12.1 Å². The maximum Gasteiger partial charge on any atom is 0.404 e. The van der Waals surface area contributed by atoms with Gasteiger partial charge >= 0.3 is 6.09 Å². The van der Waals surface area contributed by atoms with Crippen LogP contribution >= 0.6 is 0 Å². The molecule has 14 nitrogen and oxygen atoms in total. The fourth-order valence-electron chi connectivity index (χ4n) is 4.21. The molecule has 0 bridgehead atoms. The van der Waals surface area contributed by atoms with E-state index in [1.165, 1.54) is 0 Å². The van der Waals surface area contributed by atoms with E-state index >= 15 is 0 Å². The lowest BCUT2D eigenvalue weighted by atomic mass is 10.1. The van der Waals surface area contributed by atoms with Gasteiger partial charge in [-0.25, -0.2) is 4.79 Å². The van der Waals surface area contributed by atoms with Crippen LogP contribution in [-0.2, 0) is 39.0 Å². The number of hydrogen-bond donors (Lipinski definition) is 3. The van der Waals surface area contributed by atoms with Gasteiger partial charge in [0.2, 0.25) is 14.2 Å². The van der Waals surface area contributed by atoms with E-state index in [1.54, 1.807) is 0 Å². The van der Waals surface area contributed by atoms with Crippen LogP contribution in [0.15, 0.2) is 29.4 Å². The highest BCUT2D eigenvalue weighted by Crippen LogP contribution is 2.20. The Bertz CT molecular complexity index is 998. The quantitative estimate of drug-likeness (QED) is 0.0421. The minimum absolute atomic E-state index is 0.0676. The summed E-state index contributed by atoms with van der Waals surface area (Å²) in [5.41, 5.74) is 9.09. The van der Waals surface area contributed by atoms with Crippen molar-refractivity contribution >= 4 is 33.8 Å². The molecule has 0 saturated heterocycles. The highest BCUT2D eigenvalue weighted by molar-refractivity contribution is 6.92. The van der Waals surface area contributed by atoms with Crippen molar-refractivity contribution in [3.05, 3.63) is 40.3 Å². The summed E-state index contributed by atoms with van der Waals surface area (Å²) in [5.74, 6) is -0.0676. The number of carbonyl (C=O) groups excluding carboxylic acids is 1. The molecule has 250 valence electrons. The topological polar surface area (TPSA) is 183 Å². The van der Waals surface area contributed by atoms with Crippen molar-refractivity contribution in [2.24, 2.45) is 5.11 Å². The second kappa shape index (κ2) is 23.8. The van der Waals surface area contributed by atoms with Crippen LogP contribution in [0.1, 0.15) is 12.0 Å². The zero-order valence-electron chi connectivity index (χ0n) is 26.7. The van der Waals surface area contributed by atoms with Crippen LogP contribution < -0.4 is 15.8 Å². The Morgan fingerprint density at radius 1 is 0.841 bits per heavy atom. The predicted molar refractivity (Wildman–Crippen MR) is 172 cm³/mol. The lowest BCUT2D eigenvalue weighted by Crippen LogP contribution is -2.52. The Morgan fingerprint density at radius 2 is 1.41 bits per heavy atom. The molecule has 1 rings (SSSR count). The molecule has 0 aromatic heterocycles. The molecule has 0 radical (unpaired) electrons. The van der Waals surface area contributed by atoms with Crippen LogP contribution in [0.25, 0.3) is 10.4 Å². The van der Waals surface area contributed by atoms with Gasteiger partial charge in [0.25, 0.3) is 0 Å². The van der Waals surface area contributed by atoms with E-state index in [-0.39, 0.29) is 12.3 Å². The van der Waals surface area contributed by atoms with E-state index in [4.69, 9.17) is 38.4 Å². The third-order valence-corrected chi connectivity index (χ3v) is 13.7. The maximum atomic E-state index is 12.5. The molecular weight excluding hydrogens is 607 g/mol. The van der Waals surface area contributed by atoms with Gasteiger partial charge in [0.1, 0.15) is 0 Å². The molecule has 1 aromatic rings.